The summed E-state index contributed by atoms with van der Waals surface area (Å²) in [6.45, 7) is 6.97. The fourth-order valence-electron chi connectivity index (χ4n) is 4.20. The van der Waals surface area contributed by atoms with Gasteiger partial charge in [-0.05, 0) is 31.5 Å². The lowest BCUT2D eigenvalue weighted by Gasteiger charge is -2.37. The Kier molecular flexibility index (Phi) is 8.21. The van der Waals surface area contributed by atoms with Crippen LogP contribution in [-0.2, 0) is 17.8 Å². The lowest BCUT2D eigenvalue weighted by molar-refractivity contribution is 0.180. The highest BCUT2D eigenvalue weighted by Crippen LogP contribution is 2.29. The number of methoxy groups -OCH3 is 1. The fourth-order valence-corrected chi connectivity index (χ4v) is 4.32. The number of hydrogen-bond acceptors (Lipinski definition) is 5. The van der Waals surface area contributed by atoms with Crippen molar-refractivity contribution in [2.45, 2.75) is 32.9 Å². The van der Waals surface area contributed by atoms with Crippen LogP contribution >= 0.6 is 11.6 Å². The highest BCUT2D eigenvalue weighted by atomic mass is 35.5. The van der Waals surface area contributed by atoms with Crippen LogP contribution < -0.4 is 10.2 Å². The summed E-state index contributed by atoms with van der Waals surface area (Å²) >= 11 is 6.12. The van der Waals surface area contributed by atoms with Gasteiger partial charge in [0.15, 0.2) is 5.82 Å². The Labute approximate surface area is 212 Å². The molecule has 2 aromatic carbocycles. The SMILES string of the molecule is COCc1nc(-c2ccccc2)nc(N2CCN(C(=O)NC(C)C)CC2)c1Cc1ccc(Cl)cc1. The molecule has 7 nitrogen and oxygen atoms in total. The highest BCUT2D eigenvalue weighted by Gasteiger charge is 2.26. The first-order valence-electron chi connectivity index (χ1n) is 11.9. The van der Waals surface area contributed by atoms with Gasteiger partial charge in [0.2, 0.25) is 0 Å². The van der Waals surface area contributed by atoms with Crippen molar-refractivity contribution >= 4 is 23.4 Å². The standard InChI is InChI=1S/C27H32ClN5O2/c1-19(2)29-27(34)33-15-13-32(14-16-33)26-23(17-20-9-11-22(28)12-10-20)24(18-35-3)30-25(31-26)21-7-5-4-6-8-21/h4-12,19H,13-18H2,1-3H3,(H,29,34). The zero-order valence-electron chi connectivity index (χ0n) is 20.5. The molecule has 2 heterocycles. The normalized spacial score (nSPS) is 13.9. The molecule has 1 saturated heterocycles. The Hall–Kier alpha value is -3.16. The predicted molar refractivity (Wildman–Crippen MR) is 140 cm³/mol. The second kappa shape index (κ2) is 11.5. The van der Waals surface area contributed by atoms with Crippen LogP contribution in [-0.4, -0.2) is 60.2 Å². The summed E-state index contributed by atoms with van der Waals surface area (Å²) in [7, 11) is 1.68. The molecule has 35 heavy (non-hydrogen) atoms. The lowest BCUT2D eigenvalue weighted by Crippen LogP contribution is -2.53. The smallest absolute Gasteiger partial charge is 0.317 e. The Morgan fingerprint density at radius 2 is 1.71 bits per heavy atom. The third kappa shape index (κ3) is 6.29. The predicted octanol–water partition coefficient (Wildman–Crippen LogP) is 4.77. The van der Waals surface area contributed by atoms with Crippen molar-refractivity contribution in [3.05, 3.63) is 76.4 Å². The molecular formula is C27H32ClN5O2. The zero-order chi connectivity index (χ0) is 24.8. The Morgan fingerprint density at radius 3 is 2.34 bits per heavy atom. The average Bonchev–Trinajstić information content (AvgIpc) is 2.86. The molecule has 0 radical (unpaired) electrons. The minimum absolute atomic E-state index is 0.0197. The number of urea groups is 1. The van der Waals surface area contributed by atoms with Crippen molar-refractivity contribution in [2.75, 3.05) is 38.2 Å². The lowest BCUT2D eigenvalue weighted by atomic mass is 10.0. The van der Waals surface area contributed by atoms with E-state index in [1.54, 1.807) is 7.11 Å². The number of anilines is 1. The molecule has 0 saturated carbocycles. The molecule has 3 aromatic rings. The number of carbonyl (C=O) groups is 1. The van der Waals surface area contributed by atoms with E-state index in [1.165, 1.54) is 0 Å². The van der Waals surface area contributed by atoms with Crippen molar-refractivity contribution in [1.29, 1.82) is 0 Å². The fraction of sp³-hybridized carbons (Fsp3) is 0.370. The number of hydrogen-bond donors (Lipinski definition) is 1. The van der Waals surface area contributed by atoms with Gasteiger partial charge < -0.3 is 19.9 Å². The molecule has 8 heteroatoms. The number of carbonyl (C=O) groups excluding carboxylic acids is 1. The molecule has 1 aliphatic heterocycles. The van der Waals surface area contributed by atoms with Gasteiger partial charge in [-0.3, -0.25) is 0 Å². The van der Waals surface area contributed by atoms with E-state index in [9.17, 15) is 4.79 Å². The molecule has 0 bridgehead atoms. The van der Waals surface area contributed by atoms with E-state index in [4.69, 9.17) is 26.3 Å². The number of aromatic nitrogens is 2. The van der Waals surface area contributed by atoms with Crippen molar-refractivity contribution < 1.29 is 9.53 Å². The van der Waals surface area contributed by atoms with Crippen LogP contribution in [0.2, 0.25) is 5.02 Å². The van der Waals surface area contributed by atoms with Crippen LogP contribution in [0.4, 0.5) is 10.6 Å². The number of piperazine rings is 1. The number of nitrogens with one attached hydrogen (secondary N) is 1. The highest BCUT2D eigenvalue weighted by molar-refractivity contribution is 6.30. The molecule has 0 aliphatic carbocycles. The van der Waals surface area contributed by atoms with Crippen molar-refractivity contribution in [2.24, 2.45) is 0 Å². The quantitative estimate of drug-likeness (QED) is 0.513. The van der Waals surface area contributed by atoms with E-state index in [1.807, 2.05) is 73.3 Å². The van der Waals surface area contributed by atoms with Gasteiger partial charge in [0.05, 0.1) is 12.3 Å². The Bertz CT molecular complexity index is 1130. The molecule has 4 rings (SSSR count). The van der Waals surface area contributed by atoms with Gasteiger partial charge in [-0.2, -0.15) is 0 Å². The van der Waals surface area contributed by atoms with E-state index >= 15 is 0 Å². The monoisotopic (exact) mass is 493 g/mol. The molecule has 1 aliphatic rings. The largest absolute Gasteiger partial charge is 0.378 e. The van der Waals surface area contributed by atoms with E-state index in [-0.39, 0.29) is 12.1 Å². The Morgan fingerprint density at radius 1 is 1.03 bits per heavy atom. The van der Waals surface area contributed by atoms with Gasteiger partial charge in [0.25, 0.3) is 0 Å². The third-order valence-electron chi connectivity index (χ3n) is 5.96. The summed E-state index contributed by atoms with van der Waals surface area (Å²) in [4.78, 5) is 26.6. The number of benzene rings is 2. The molecule has 1 aromatic heterocycles. The molecule has 184 valence electrons. The summed E-state index contributed by atoms with van der Waals surface area (Å²) in [6, 6.07) is 17.9. The molecular weight excluding hydrogens is 462 g/mol. The average molecular weight is 494 g/mol. The summed E-state index contributed by atoms with van der Waals surface area (Å²) in [6.07, 6.45) is 0.661. The summed E-state index contributed by atoms with van der Waals surface area (Å²) in [5, 5.41) is 3.69. The van der Waals surface area contributed by atoms with Crippen molar-refractivity contribution in [3.8, 4) is 11.4 Å². The molecule has 1 fully saturated rings. The minimum atomic E-state index is -0.0197. The molecule has 2 amide bonds. The van der Waals surface area contributed by atoms with Gasteiger partial charge in [-0.25, -0.2) is 14.8 Å². The summed E-state index contributed by atoms with van der Waals surface area (Å²) < 4.78 is 5.55. The van der Waals surface area contributed by atoms with Gasteiger partial charge in [0.1, 0.15) is 5.82 Å². The van der Waals surface area contributed by atoms with Gasteiger partial charge in [-0.15, -0.1) is 0 Å². The van der Waals surface area contributed by atoms with E-state index in [2.05, 4.69) is 10.2 Å². The van der Waals surface area contributed by atoms with Crippen LogP contribution in [0.1, 0.15) is 30.7 Å². The topological polar surface area (TPSA) is 70.6 Å². The summed E-state index contributed by atoms with van der Waals surface area (Å²) in [5.74, 6) is 1.57. The number of nitrogens with zero attached hydrogens (tertiary/aromatic N) is 4. The van der Waals surface area contributed by atoms with E-state index < -0.39 is 0 Å². The van der Waals surface area contributed by atoms with Crippen molar-refractivity contribution in [1.82, 2.24) is 20.2 Å². The number of rotatable bonds is 7. The summed E-state index contributed by atoms with van der Waals surface area (Å²) in [5.41, 5.74) is 3.98. The maximum atomic E-state index is 12.5. The van der Waals surface area contributed by atoms with Gasteiger partial charge >= 0.3 is 6.03 Å². The Balaban J connectivity index is 1.70. The van der Waals surface area contributed by atoms with Gasteiger partial charge in [-0.1, -0.05) is 54.1 Å². The first kappa shape index (κ1) is 24.9. The molecule has 1 N–H and O–H groups in total. The minimum Gasteiger partial charge on any atom is -0.378 e. The molecule has 0 unspecified atom stereocenters. The molecule has 0 atom stereocenters. The molecule has 0 spiro atoms. The van der Waals surface area contributed by atoms with Crippen LogP contribution in [0.15, 0.2) is 54.6 Å². The number of amides is 2. The van der Waals surface area contributed by atoms with Gasteiger partial charge in [0, 0.05) is 61.9 Å². The van der Waals surface area contributed by atoms with Crippen LogP contribution in [0, 0.1) is 0 Å². The van der Waals surface area contributed by atoms with Crippen LogP contribution in [0.5, 0.6) is 0 Å². The first-order valence-corrected chi connectivity index (χ1v) is 12.3. The second-order valence-electron chi connectivity index (χ2n) is 8.98. The van der Waals surface area contributed by atoms with E-state index in [0.717, 1.165) is 28.2 Å². The second-order valence-corrected chi connectivity index (χ2v) is 9.41. The maximum Gasteiger partial charge on any atom is 0.317 e. The number of halogens is 1. The number of ether oxygens (including phenoxy) is 1. The maximum absolute atomic E-state index is 12.5. The third-order valence-corrected chi connectivity index (χ3v) is 6.21. The van der Waals surface area contributed by atoms with Crippen LogP contribution in [0.3, 0.4) is 0 Å². The van der Waals surface area contributed by atoms with Crippen molar-refractivity contribution in [3.63, 3.8) is 0 Å². The zero-order valence-corrected chi connectivity index (χ0v) is 21.3. The first-order chi connectivity index (χ1) is 16.9. The van der Waals surface area contributed by atoms with E-state index in [0.29, 0.717) is 50.1 Å². The van der Waals surface area contributed by atoms with Crippen LogP contribution in [0.25, 0.3) is 11.4 Å².